The molecular formula is C16H20N2O3. The Morgan fingerprint density at radius 3 is 2.67 bits per heavy atom. The Hall–Kier alpha value is -2.04. The first-order valence-corrected chi connectivity index (χ1v) is 7.54. The van der Waals surface area contributed by atoms with Crippen LogP contribution in [0.2, 0.25) is 0 Å². The molecule has 2 aliphatic rings. The van der Waals surface area contributed by atoms with Crippen molar-refractivity contribution in [3.8, 4) is 0 Å². The second kappa shape index (κ2) is 5.76. The van der Waals surface area contributed by atoms with Gasteiger partial charge in [-0.3, -0.25) is 0 Å². The summed E-state index contributed by atoms with van der Waals surface area (Å²) < 4.78 is 0. The van der Waals surface area contributed by atoms with Crippen molar-refractivity contribution < 1.29 is 14.7 Å². The number of carbonyl (C=O) groups excluding carboxylic acids is 1. The van der Waals surface area contributed by atoms with Crippen LogP contribution >= 0.6 is 0 Å². The number of urea groups is 1. The standard InChI is InChI=1S/C16H20N2O3/c19-15(20)12-6-5-11-7-8-18(10-13(11)9-12)16(21)17-14-3-1-2-4-14/h5-6,9,14H,1-4,7-8,10H2,(H,17,21)(H,19,20). The lowest BCUT2D eigenvalue weighted by Crippen LogP contribution is -2.46. The summed E-state index contributed by atoms with van der Waals surface area (Å²) in [6, 6.07) is 5.48. The molecule has 0 bridgehead atoms. The van der Waals surface area contributed by atoms with Gasteiger partial charge in [0, 0.05) is 19.1 Å². The smallest absolute Gasteiger partial charge is 0.335 e. The zero-order chi connectivity index (χ0) is 14.8. The van der Waals surface area contributed by atoms with Crippen LogP contribution in [0.4, 0.5) is 4.79 Å². The fraction of sp³-hybridized carbons (Fsp3) is 0.500. The van der Waals surface area contributed by atoms with Gasteiger partial charge in [0.15, 0.2) is 0 Å². The van der Waals surface area contributed by atoms with E-state index in [1.54, 1.807) is 17.0 Å². The average molecular weight is 288 g/mol. The number of aromatic carboxylic acids is 1. The number of carboxylic acids is 1. The average Bonchev–Trinajstić information content (AvgIpc) is 2.98. The minimum Gasteiger partial charge on any atom is -0.478 e. The van der Waals surface area contributed by atoms with E-state index in [2.05, 4.69) is 5.32 Å². The van der Waals surface area contributed by atoms with Crippen LogP contribution in [0, 0.1) is 0 Å². The molecule has 3 rings (SSSR count). The van der Waals surface area contributed by atoms with Gasteiger partial charge in [0.1, 0.15) is 0 Å². The van der Waals surface area contributed by atoms with E-state index in [-0.39, 0.29) is 11.6 Å². The number of benzene rings is 1. The number of nitrogens with zero attached hydrogens (tertiary/aromatic N) is 1. The molecular weight excluding hydrogens is 268 g/mol. The number of hydrogen-bond acceptors (Lipinski definition) is 2. The highest BCUT2D eigenvalue weighted by molar-refractivity contribution is 5.88. The predicted molar refractivity (Wildman–Crippen MR) is 78.3 cm³/mol. The van der Waals surface area contributed by atoms with Gasteiger partial charge in [0.2, 0.25) is 0 Å². The minimum absolute atomic E-state index is 0.0201. The maximum Gasteiger partial charge on any atom is 0.335 e. The van der Waals surface area contributed by atoms with E-state index in [9.17, 15) is 9.59 Å². The summed E-state index contributed by atoms with van der Waals surface area (Å²) in [6.45, 7) is 1.19. The van der Waals surface area contributed by atoms with Crippen molar-refractivity contribution in [3.63, 3.8) is 0 Å². The zero-order valence-corrected chi connectivity index (χ0v) is 12.0. The number of amides is 2. The highest BCUT2D eigenvalue weighted by Crippen LogP contribution is 2.22. The van der Waals surface area contributed by atoms with Crippen LogP contribution in [0.15, 0.2) is 18.2 Å². The third-order valence-corrected chi connectivity index (χ3v) is 4.44. The second-order valence-corrected chi connectivity index (χ2v) is 5.89. The fourth-order valence-electron chi connectivity index (χ4n) is 3.20. The molecule has 1 aromatic carbocycles. The van der Waals surface area contributed by atoms with E-state index >= 15 is 0 Å². The highest BCUT2D eigenvalue weighted by atomic mass is 16.4. The summed E-state index contributed by atoms with van der Waals surface area (Å²) in [6.07, 6.45) is 5.30. The summed E-state index contributed by atoms with van der Waals surface area (Å²) >= 11 is 0. The van der Waals surface area contributed by atoms with E-state index in [1.165, 1.54) is 12.8 Å². The first kappa shape index (κ1) is 13.9. The lowest BCUT2D eigenvalue weighted by molar-refractivity contribution is 0.0696. The molecule has 2 N–H and O–H groups in total. The van der Waals surface area contributed by atoms with Gasteiger partial charge in [-0.25, -0.2) is 9.59 Å². The molecule has 5 nitrogen and oxygen atoms in total. The van der Waals surface area contributed by atoms with E-state index in [4.69, 9.17) is 5.11 Å². The highest BCUT2D eigenvalue weighted by Gasteiger charge is 2.24. The van der Waals surface area contributed by atoms with Crippen molar-refractivity contribution in [2.24, 2.45) is 0 Å². The lowest BCUT2D eigenvalue weighted by atomic mass is 9.97. The molecule has 112 valence electrons. The van der Waals surface area contributed by atoms with Crippen LogP contribution in [0.1, 0.15) is 47.2 Å². The molecule has 0 atom stereocenters. The summed E-state index contributed by atoms with van der Waals surface area (Å²) in [5, 5.41) is 12.1. The molecule has 21 heavy (non-hydrogen) atoms. The van der Waals surface area contributed by atoms with Gasteiger partial charge < -0.3 is 15.3 Å². The minimum atomic E-state index is -0.926. The maximum absolute atomic E-state index is 12.3. The zero-order valence-electron chi connectivity index (χ0n) is 12.0. The molecule has 1 aliphatic carbocycles. The molecule has 1 aliphatic heterocycles. The molecule has 5 heteroatoms. The number of hydrogen-bond donors (Lipinski definition) is 2. The van der Waals surface area contributed by atoms with E-state index < -0.39 is 5.97 Å². The van der Waals surface area contributed by atoms with E-state index in [0.29, 0.717) is 19.1 Å². The van der Waals surface area contributed by atoms with Crippen molar-refractivity contribution in [1.82, 2.24) is 10.2 Å². The first-order chi connectivity index (χ1) is 10.1. The second-order valence-electron chi connectivity index (χ2n) is 5.89. The molecule has 0 unspecified atom stereocenters. The van der Waals surface area contributed by atoms with Gasteiger partial charge in [0.25, 0.3) is 0 Å². The normalized spacial score (nSPS) is 18.4. The molecule has 0 spiro atoms. The van der Waals surface area contributed by atoms with Gasteiger partial charge in [-0.2, -0.15) is 0 Å². The van der Waals surface area contributed by atoms with E-state index in [1.807, 2.05) is 6.07 Å². The molecule has 1 fully saturated rings. The maximum atomic E-state index is 12.3. The molecule has 1 aromatic rings. The summed E-state index contributed by atoms with van der Waals surface area (Å²) in [5.41, 5.74) is 2.37. The molecule has 0 saturated heterocycles. The van der Waals surface area contributed by atoms with Crippen molar-refractivity contribution in [1.29, 1.82) is 0 Å². The molecule has 2 amide bonds. The largest absolute Gasteiger partial charge is 0.478 e. The quantitative estimate of drug-likeness (QED) is 0.878. The number of carbonyl (C=O) groups is 2. The van der Waals surface area contributed by atoms with Crippen LogP contribution in [0.5, 0.6) is 0 Å². The van der Waals surface area contributed by atoms with Crippen LogP contribution in [-0.4, -0.2) is 34.6 Å². The van der Waals surface area contributed by atoms with Crippen LogP contribution in [0.25, 0.3) is 0 Å². The molecule has 1 heterocycles. The van der Waals surface area contributed by atoms with Crippen LogP contribution in [-0.2, 0) is 13.0 Å². The number of carboxylic acid groups (broad SMARTS) is 1. The Labute approximate surface area is 123 Å². The van der Waals surface area contributed by atoms with Gasteiger partial charge in [-0.15, -0.1) is 0 Å². The van der Waals surface area contributed by atoms with Crippen LogP contribution in [0.3, 0.4) is 0 Å². The van der Waals surface area contributed by atoms with Crippen molar-refractivity contribution >= 4 is 12.0 Å². The number of nitrogens with one attached hydrogen (secondary N) is 1. The fourth-order valence-corrected chi connectivity index (χ4v) is 3.20. The Morgan fingerprint density at radius 1 is 1.19 bits per heavy atom. The van der Waals surface area contributed by atoms with E-state index in [0.717, 1.165) is 30.4 Å². The predicted octanol–water partition coefficient (Wildman–Crippen LogP) is 2.40. The summed E-state index contributed by atoms with van der Waals surface area (Å²) in [4.78, 5) is 25.1. The Morgan fingerprint density at radius 2 is 1.95 bits per heavy atom. The topological polar surface area (TPSA) is 69.6 Å². The van der Waals surface area contributed by atoms with Gasteiger partial charge in [0.05, 0.1) is 5.56 Å². The molecule has 0 aromatic heterocycles. The van der Waals surface area contributed by atoms with Crippen molar-refractivity contribution in [3.05, 3.63) is 34.9 Å². The Kier molecular flexibility index (Phi) is 3.82. The first-order valence-electron chi connectivity index (χ1n) is 7.54. The number of rotatable bonds is 2. The Bertz CT molecular complexity index is 565. The van der Waals surface area contributed by atoms with Gasteiger partial charge in [-0.1, -0.05) is 18.9 Å². The number of fused-ring (bicyclic) bond motifs is 1. The monoisotopic (exact) mass is 288 g/mol. The third-order valence-electron chi connectivity index (χ3n) is 4.44. The molecule has 0 radical (unpaired) electrons. The van der Waals surface area contributed by atoms with Crippen molar-refractivity contribution in [2.75, 3.05) is 6.54 Å². The third kappa shape index (κ3) is 3.01. The van der Waals surface area contributed by atoms with Crippen molar-refractivity contribution in [2.45, 2.75) is 44.7 Å². The molecule has 1 saturated carbocycles. The summed E-state index contributed by atoms with van der Waals surface area (Å²) in [7, 11) is 0. The summed E-state index contributed by atoms with van der Waals surface area (Å²) in [5.74, 6) is -0.926. The van der Waals surface area contributed by atoms with Gasteiger partial charge in [-0.05, 0) is 42.5 Å². The van der Waals surface area contributed by atoms with Crippen LogP contribution < -0.4 is 5.32 Å². The van der Waals surface area contributed by atoms with Gasteiger partial charge >= 0.3 is 12.0 Å². The SMILES string of the molecule is O=C(O)c1ccc2c(c1)CN(C(=O)NC1CCCC1)CC2. The lowest BCUT2D eigenvalue weighted by Gasteiger charge is -2.30. The Balaban J connectivity index is 1.69.